The molecule has 2 nitrogen and oxygen atoms in total. The number of nitrogens with zero attached hydrogens (tertiary/aromatic N) is 1. The van der Waals surface area contributed by atoms with Crippen LogP contribution in [0.1, 0.15) is 16.8 Å². The molecule has 0 spiro atoms. The lowest BCUT2D eigenvalue weighted by Crippen LogP contribution is -2.29. The van der Waals surface area contributed by atoms with Gasteiger partial charge >= 0.3 is 0 Å². The van der Waals surface area contributed by atoms with Gasteiger partial charge in [0.1, 0.15) is 0 Å². The second kappa shape index (κ2) is 5.68. The fraction of sp³-hybridized carbons (Fsp3) is 0.0556. The summed E-state index contributed by atoms with van der Waals surface area (Å²) in [6.45, 7) is 0. The average molecular weight is 296 g/mol. The van der Waals surface area contributed by atoms with Gasteiger partial charge in [0.15, 0.2) is 5.60 Å². The van der Waals surface area contributed by atoms with E-state index in [4.69, 9.17) is 11.6 Å². The van der Waals surface area contributed by atoms with E-state index in [-0.39, 0.29) is 0 Å². The van der Waals surface area contributed by atoms with Gasteiger partial charge in [-0.1, -0.05) is 60.1 Å². The van der Waals surface area contributed by atoms with E-state index in [1.807, 2.05) is 60.7 Å². The first-order valence-electron chi connectivity index (χ1n) is 6.67. The maximum Gasteiger partial charge on any atom is 0.157 e. The van der Waals surface area contributed by atoms with Gasteiger partial charge in [-0.3, -0.25) is 4.98 Å². The lowest BCUT2D eigenvalue weighted by atomic mass is 9.83. The molecule has 21 heavy (non-hydrogen) atoms. The third-order valence-corrected chi connectivity index (χ3v) is 3.70. The Bertz CT molecular complexity index is 689. The van der Waals surface area contributed by atoms with Crippen LogP contribution < -0.4 is 0 Å². The number of aromatic nitrogens is 1. The zero-order valence-corrected chi connectivity index (χ0v) is 12.0. The molecule has 0 radical (unpaired) electrons. The molecule has 0 bridgehead atoms. The molecule has 3 aromatic rings. The highest BCUT2D eigenvalue weighted by molar-refractivity contribution is 6.30. The number of hydrogen-bond donors (Lipinski definition) is 1. The number of rotatable bonds is 3. The summed E-state index contributed by atoms with van der Waals surface area (Å²) in [6, 6.07) is 22.2. The topological polar surface area (TPSA) is 33.1 Å². The van der Waals surface area contributed by atoms with Crippen molar-refractivity contribution >= 4 is 11.6 Å². The Kier molecular flexibility index (Phi) is 3.74. The van der Waals surface area contributed by atoms with E-state index in [0.29, 0.717) is 16.3 Å². The van der Waals surface area contributed by atoms with Crippen LogP contribution in [0.25, 0.3) is 0 Å². The highest BCUT2D eigenvalue weighted by Gasteiger charge is 2.35. The van der Waals surface area contributed by atoms with Crippen LogP contribution in [0.4, 0.5) is 0 Å². The van der Waals surface area contributed by atoms with Crippen LogP contribution in [0.15, 0.2) is 79.0 Å². The second-order valence-corrected chi connectivity index (χ2v) is 5.24. The highest BCUT2D eigenvalue weighted by atomic mass is 35.5. The third kappa shape index (κ3) is 2.56. The van der Waals surface area contributed by atoms with Gasteiger partial charge in [0.25, 0.3) is 0 Å². The predicted octanol–water partition coefficient (Wildman–Crippen LogP) is 4.02. The normalized spacial score (nSPS) is 13.6. The minimum absolute atomic E-state index is 0.568. The summed E-state index contributed by atoms with van der Waals surface area (Å²) in [5.41, 5.74) is 0.692. The van der Waals surface area contributed by atoms with E-state index in [2.05, 4.69) is 4.98 Å². The Morgan fingerprint density at radius 1 is 0.810 bits per heavy atom. The average Bonchev–Trinajstić information content (AvgIpc) is 2.56. The van der Waals surface area contributed by atoms with Gasteiger partial charge in [-0.25, -0.2) is 0 Å². The maximum absolute atomic E-state index is 11.4. The second-order valence-electron chi connectivity index (χ2n) is 4.80. The molecule has 0 aliphatic heterocycles. The minimum Gasteiger partial charge on any atom is -0.374 e. The monoisotopic (exact) mass is 295 g/mol. The first kappa shape index (κ1) is 13.8. The summed E-state index contributed by atoms with van der Waals surface area (Å²) in [4.78, 5) is 4.34. The Morgan fingerprint density at radius 2 is 1.52 bits per heavy atom. The third-order valence-electron chi connectivity index (χ3n) is 3.47. The van der Waals surface area contributed by atoms with E-state index in [9.17, 15) is 5.11 Å². The van der Waals surface area contributed by atoms with Crippen LogP contribution in [0.2, 0.25) is 5.02 Å². The molecule has 3 heteroatoms. The molecule has 0 aliphatic carbocycles. The van der Waals surface area contributed by atoms with Gasteiger partial charge in [0.05, 0.1) is 5.69 Å². The Hall–Kier alpha value is -2.16. The van der Waals surface area contributed by atoms with Crippen LogP contribution in [-0.4, -0.2) is 10.1 Å². The number of pyridine rings is 1. The summed E-state index contributed by atoms with van der Waals surface area (Å²) < 4.78 is 0. The van der Waals surface area contributed by atoms with Gasteiger partial charge in [0.2, 0.25) is 0 Å². The molecule has 1 atom stereocenters. The van der Waals surface area contributed by atoms with Gasteiger partial charge in [0, 0.05) is 11.2 Å². The minimum atomic E-state index is -1.33. The number of benzene rings is 2. The van der Waals surface area contributed by atoms with Crippen LogP contribution in [0, 0.1) is 0 Å². The van der Waals surface area contributed by atoms with Crippen molar-refractivity contribution in [1.82, 2.24) is 4.98 Å². The first-order valence-corrected chi connectivity index (χ1v) is 7.04. The summed E-state index contributed by atoms with van der Waals surface area (Å²) in [7, 11) is 0. The van der Waals surface area contributed by atoms with Crippen molar-refractivity contribution in [1.29, 1.82) is 0 Å². The van der Waals surface area contributed by atoms with E-state index in [1.165, 1.54) is 0 Å². The van der Waals surface area contributed by atoms with E-state index < -0.39 is 5.60 Å². The molecule has 0 fully saturated rings. The summed E-state index contributed by atoms with van der Waals surface area (Å²) >= 11 is 6.09. The molecule has 0 saturated heterocycles. The Balaban J connectivity index is 2.25. The van der Waals surface area contributed by atoms with Crippen molar-refractivity contribution < 1.29 is 5.11 Å². The zero-order chi connectivity index (χ0) is 14.7. The fourth-order valence-electron chi connectivity index (χ4n) is 2.43. The lowest BCUT2D eigenvalue weighted by molar-refractivity contribution is 0.121. The van der Waals surface area contributed by atoms with Crippen molar-refractivity contribution in [2.45, 2.75) is 5.60 Å². The Labute approximate surface area is 128 Å². The van der Waals surface area contributed by atoms with Crippen molar-refractivity contribution in [3.05, 3.63) is 101 Å². The first-order chi connectivity index (χ1) is 10.2. The van der Waals surface area contributed by atoms with E-state index >= 15 is 0 Å². The number of aliphatic hydroxyl groups is 1. The van der Waals surface area contributed by atoms with Crippen molar-refractivity contribution in [2.75, 3.05) is 0 Å². The molecular weight excluding hydrogens is 282 g/mol. The Morgan fingerprint density at radius 3 is 2.19 bits per heavy atom. The van der Waals surface area contributed by atoms with Crippen molar-refractivity contribution in [2.24, 2.45) is 0 Å². The zero-order valence-electron chi connectivity index (χ0n) is 11.3. The van der Waals surface area contributed by atoms with Gasteiger partial charge in [-0.15, -0.1) is 0 Å². The predicted molar refractivity (Wildman–Crippen MR) is 84.2 cm³/mol. The summed E-state index contributed by atoms with van der Waals surface area (Å²) in [6.07, 6.45) is 1.67. The smallest absolute Gasteiger partial charge is 0.157 e. The van der Waals surface area contributed by atoms with Crippen LogP contribution in [0.5, 0.6) is 0 Å². The molecule has 0 saturated carbocycles. The SMILES string of the molecule is OC(c1ccccc1)(c1cccc(Cl)c1)c1ccccn1. The molecule has 0 amide bonds. The summed E-state index contributed by atoms with van der Waals surface area (Å²) in [5.74, 6) is 0. The molecule has 0 aliphatic rings. The standard InChI is InChI=1S/C18H14ClNO/c19-16-10-6-9-15(13-16)18(21,14-7-2-1-3-8-14)17-11-4-5-12-20-17/h1-13,21H. The van der Waals surface area contributed by atoms with Crippen molar-refractivity contribution in [3.63, 3.8) is 0 Å². The van der Waals surface area contributed by atoms with Crippen molar-refractivity contribution in [3.8, 4) is 0 Å². The van der Waals surface area contributed by atoms with Crippen LogP contribution in [0.3, 0.4) is 0 Å². The number of halogens is 1. The van der Waals surface area contributed by atoms with Gasteiger partial charge in [-0.2, -0.15) is 0 Å². The largest absolute Gasteiger partial charge is 0.374 e. The number of hydrogen-bond acceptors (Lipinski definition) is 2. The van der Waals surface area contributed by atoms with Gasteiger partial charge < -0.3 is 5.11 Å². The van der Waals surface area contributed by atoms with E-state index in [1.54, 1.807) is 18.3 Å². The fourth-order valence-corrected chi connectivity index (χ4v) is 2.62. The highest BCUT2D eigenvalue weighted by Crippen LogP contribution is 2.36. The van der Waals surface area contributed by atoms with Crippen LogP contribution in [-0.2, 0) is 5.60 Å². The maximum atomic E-state index is 11.4. The molecule has 1 heterocycles. The molecule has 1 aromatic heterocycles. The molecule has 1 unspecified atom stereocenters. The molecular formula is C18H14ClNO. The molecule has 3 rings (SSSR count). The van der Waals surface area contributed by atoms with E-state index in [0.717, 1.165) is 5.56 Å². The quantitative estimate of drug-likeness (QED) is 0.792. The van der Waals surface area contributed by atoms with Crippen LogP contribution >= 0.6 is 11.6 Å². The summed E-state index contributed by atoms with van der Waals surface area (Å²) in [5, 5.41) is 12.0. The molecule has 2 aromatic carbocycles. The molecule has 104 valence electrons. The van der Waals surface area contributed by atoms with Gasteiger partial charge in [-0.05, 0) is 35.4 Å². The molecule has 1 N–H and O–H groups in total. The lowest BCUT2D eigenvalue weighted by Gasteiger charge is -2.29.